The second-order valence-corrected chi connectivity index (χ2v) is 11.1. The van der Waals surface area contributed by atoms with E-state index in [9.17, 15) is 23.2 Å². The van der Waals surface area contributed by atoms with Crippen LogP contribution in [0.15, 0.2) is 47.4 Å². The molecule has 37 heavy (non-hydrogen) atoms. The molecule has 0 bridgehead atoms. The fraction of sp³-hybridized carbons (Fsp3) is 0.440. The lowest BCUT2D eigenvalue weighted by molar-refractivity contribution is -0.134. The number of methoxy groups -OCH3 is 2. The first kappa shape index (κ1) is 26.7. The minimum Gasteiger partial charge on any atom is -0.493 e. The largest absolute Gasteiger partial charge is 0.493 e. The number of hydrogen-bond donors (Lipinski definition) is 2. The van der Waals surface area contributed by atoms with E-state index in [4.69, 9.17) is 18.9 Å². The average molecular weight is 535 g/mol. The van der Waals surface area contributed by atoms with Crippen molar-refractivity contribution in [3.63, 3.8) is 0 Å². The van der Waals surface area contributed by atoms with Gasteiger partial charge in [0.2, 0.25) is 0 Å². The zero-order valence-corrected chi connectivity index (χ0v) is 21.5. The van der Waals surface area contributed by atoms with E-state index in [1.54, 1.807) is 23.1 Å². The van der Waals surface area contributed by atoms with Crippen LogP contribution >= 0.6 is 0 Å². The third kappa shape index (κ3) is 5.09. The van der Waals surface area contributed by atoms with Gasteiger partial charge in [-0.3, -0.25) is 14.8 Å². The third-order valence-corrected chi connectivity index (χ3v) is 9.34. The molecule has 4 rings (SSSR count). The Hall–Kier alpha value is -3.35. The molecule has 0 unspecified atom stereocenters. The standard InChI is InChI=1S/C25H30N2O9S/c1-33-21-8-3-17(15-22(21)34-2)23(28)27-12-9-19(16-27)36-18-4-6-20(7-5-18)37(31,32)25(24(29)26-30)10-13-35-14-11-25/h3-8,15,19,30H,9-14,16H2,1-2H3,(H,26,29)/t19-/m1/s1. The van der Waals surface area contributed by atoms with Crippen LogP contribution in [0, 0.1) is 0 Å². The first-order chi connectivity index (χ1) is 17.8. The summed E-state index contributed by atoms with van der Waals surface area (Å²) in [5.41, 5.74) is 1.98. The summed E-state index contributed by atoms with van der Waals surface area (Å²) in [6.07, 6.45) is 0.213. The third-order valence-electron chi connectivity index (χ3n) is 6.83. The highest BCUT2D eigenvalue weighted by Gasteiger charge is 2.52. The predicted octanol–water partition coefficient (Wildman–Crippen LogP) is 1.83. The number of carbonyl (C=O) groups is 2. The van der Waals surface area contributed by atoms with Gasteiger partial charge in [-0.25, -0.2) is 13.9 Å². The van der Waals surface area contributed by atoms with E-state index in [-0.39, 0.29) is 43.0 Å². The van der Waals surface area contributed by atoms with Crippen LogP contribution in [-0.2, 0) is 19.4 Å². The summed E-state index contributed by atoms with van der Waals surface area (Å²) < 4.78 is 46.7. The molecule has 0 saturated carbocycles. The summed E-state index contributed by atoms with van der Waals surface area (Å²) in [4.78, 5) is 27.0. The number of nitrogens with one attached hydrogen (secondary N) is 1. The van der Waals surface area contributed by atoms with Crippen LogP contribution in [0.4, 0.5) is 0 Å². The Labute approximate surface area is 215 Å². The number of nitrogens with zero attached hydrogens (tertiary/aromatic N) is 1. The van der Waals surface area contributed by atoms with Gasteiger partial charge in [-0.2, -0.15) is 0 Å². The molecule has 12 heteroatoms. The highest BCUT2D eigenvalue weighted by atomic mass is 32.2. The second-order valence-electron chi connectivity index (χ2n) is 8.87. The van der Waals surface area contributed by atoms with E-state index in [1.165, 1.54) is 44.0 Å². The molecule has 2 aromatic carbocycles. The quantitative estimate of drug-likeness (QED) is 0.383. The van der Waals surface area contributed by atoms with Gasteiger partial charge in [-0.15, -0.1) is 0 Å². The van der Waals surface area contributed by atoms with Crippen LogP contribution in [0.3, 0.4) is 0 Å². The molecule has 2 aliphatic rings. The Balaban J connectivity index is 1.43. The molecule has 2 saturated heterocycles. The maximum Gasteiger partial charge on any atom is 0.265 e. The van der Waals surface area contributed by atoms with E-state index >= 15 is 0 Å². The van der Waals surface area contributed by atoms with Crippen molar-refractivity contribution in [2.75, 3.05) is 40.5 Å². The summed E-state index contributed by atoms with van der Waals surface area (Å²) in [5, 5.41) is 9.18. The molecular formula is C25H30N2O9S. The lowest BCUT2D eigenvalue weighted by Crippen LogP contribution is -2.54. The van der Waals surface area contributed by atoms with Crippen molar-refractivity contribution in [2.45, 2.75) is 35.0 Å². The van der Waals surface area contributed by atoms with E-state index in [2.05, 4.69) is 0 Å². The minimum atomic E-state index is -4.12. The Morgan fingerprint density at radius 2 is 1.73 bits per heavy atom. The fourth-order valence-corrected chi connectivity index (χ4v) is 6.64. The Morgan fingerprint density at radius 1 is 1.05 bits per heavy atom. The van der Waals surface area contributed by atoms with Gasteiger partial charge < -0.3 is 23.8 Å². The lowest BCUT2D eigenvalue weighted by Gasteiger charge is -2.34. The first-order valence-corrected chi connectivity index (χ1v) is 13.3. The molecule has 1 atom stereocenters. The molecule has 0 radical (unpaired) electrons. The molecule has 2 heterocycles. The zero-order valence-electron chi connectivity index (χ0n) is 20.6. The van der Waals surface area contributed by atoms with Crippen molar-refractivity contribution in [2.24, 2.45) is 0 Å². The van der Waals surface area contributed by atoms with Gasteiger partial charge in [0, 0.05) is 31.7 Å². The van der Waals surface area contributed by atoms with Crippen LogP contribution < -0.4 is 19.7 Å². The Bertz CT molecular complexity index is 1240. The van der Waals surface area contributed by atoms with Crippen molar-refractivity contribution < 1.29 is 42.2 Å². The zero-order chi connectivity index (χ0) is 26.6. The summed E-state index contributed by atoms with van der Waals surface area (Å²) in [5.74, 6) is 0.317. The monoisotopic (exact) mass is 534 g/mol. The molecule has 2 N–H and O–H groups in total. The van der Waals surface area contributed by atoms with Crippen molar-refractivity contribution in [1.29, 1.82) is 0 Å². The summed E-state index contributed by atoms with van der Waals surface area (Å²) in [7, 11) is -1.09. The average Bonchev–Trinajstić information content (AvgIpc) is 3.40. The second kappa shape index (κ2) is 11.0. The topological polar surface area (TPSA) is 141 Å². The molecule has 2 amide bonds. The summed E-state index contributed by atoms with van der Waals surface area (Å²) >= 11 is 0. The van der Waals surface area contributed by atoms with Gasteiger partial charge in [0.15, 0.2) is 26.1 Å². The number of hydrogen-bond acceptors (Lipinski definition) is 9. The number of ether oxygens (including phenoxy) is 4. The van der Waals surface area contributed by atoms with Gasteiger partial charge in [-0.05, 0) is 55.3 Å². The molecule has 0 aliphatic carbocycles. The highest BCUT2D eigenvalue weighted by Crippen LogP contribution is 2.36. The molecule has 11 nitrogen and oxygen atoms in total. The first-order valence-electron chi connectivity index (χ1n) is 11.8. The smallest absolute Gasteiger partial charge is 0.265 e. The van der Waals surface area contributed by atoms with Gasteiger partial charge in [0.05, 0.1) is 25.7 Å². The van der Waals surface area contributed by atoms with Crippen molar-refractivity contribution >= 4 is 21.7 Å². The maximum atomic E-state index is 13.4. The normalized spacial score (nSPS) is 19.2. The highest BCUT2D eigenvalue weighted by molar-refractivity contribution is 7.93. The van der Waals surface area contributed by atoms with E-state index in [1.807, 2.05) is 0 Å². The number of likely N-dealkylation sites (tertiary alicyclic amines) is 1. The lowest BCUT2D eigenvalue weighted by atomic mass is 9.98. The van der Waals surface area contributed by atoms with Gasteiger partial charge in [-0.1, -0.05) is 0 Å². The SMILES string of the molecule is COc1ccc(C(=O)N2CC[C@@H](Oc3ccc(S(=O)(=O)C4(C(=O)NO)CCOCC4)cc3)C2)cc1OC. The van der Waals surface area contributed by atoms with Crippen molar-refractivity contribution in [1.82, 2.24) is 10.4 Å². The van der Waals surface area contributed by atoms with E-state index in [0.717, 1.165) is 0 Å². The Morgan fingerprint density at radius 3 is 2.35 bits per heavy atom. The molecule has 0 spiro atoms. The van der Waals surface area contributed by atoms with E-state index in [0.29, 0.717) is 42.3 Å². The molecule has 0 aromatic heterocycles. The van der Waals surface area contributed by atoms with Gasteiger partial charge in [0.25, 0.3) is 11.8 Å². The van der Waals surface area contributed by atoms with Crippen LogP contribution in [0.25, 0.3) is 0 Å². The van der Waals surface area contributed by atoms with Crippen LogP contribution in [0.1, 0.15) is 29.6 Å². The number of rotatable bonds is 8. The van der Waals surface area contributed by atoms with Crippen LogP contribution in [0.5, 0.6) is 17.2 Å². The number of amides is 2. The number of sulfone groups is 1. The van der Waals surface area contributed by atoms with E-state index < -0.39 is 20.5 Å². The molecule has 200 valence electrons. The summed E-state index contributed by atoms with van der Waals surface area (Å²) in [6.45, 7) is 1.06. The predicted molar refractivity (Wildman–Crippen MR) is 131 cm³/mol. The molecule has 2 aliphatic heterocycles. The molecule has 2 aromatic rings. The Kier molecular flexibility index (Phi) is 7.90. The fourth-order valence-electron chi connectivity index (χ4n) is 4.70. The maximum absolute atomic E-state index is 13.4. The van der Waals surface area contributed by atoms with Crippen molar-refractivity contribution in [3.05, 3.63) is 48.0 Å². The summed E-state index contributed by atoms with van der Waals surface area (Å²) in [6, 6.07) is 10.8. The molecule has 2 fully saturated rings. The minimum absolute atomic E-state index is 0.0537. The number of hydroxylamine groups is 1. The van der Waals surface area contributed by atoms with Crippen LogP contribution in [0.2, 0.25) is 0 Å². The number of carbonyl (C=O) groups excluding carboxylic acids is 2. The molecular weight excluding hydrogens is 504 g/mol. The number of benzene rings is 2. The van der Waals surface area contributed by atoms with Gasteiger partial charge in [0.1, 0.15) is 11.9 Å². The van der Waals surface area contributed by atoms with Crippen molar-refractivity contribution in [3.8, 4) is 17.2 Å². The van der Waals surface area contributed by atoms with Crippen LogP contribution in [-0.4, -0.2) is 81.7 Å². The van der Waals surface area contributed by atoms with Gasteiger partial charge >= 0.3 is 0 Å².